The molecule has 1 aliphatic rings. The minimum absolute atomic E-state index is 0.0228. The number of hydrogen-bond acceptors (Lipinski definition) is 2. The van der Waals surface area contributed by atoms with Crippen LogP contribution in [0.3, 0.4) is 0 Å². The minimum atomic E-state index is -1.38. The Morgan fingerprint density at radius 1 is 1.43 bits per heavy atom. The van der Waals surface area contributed by atoms with E-state index in [1.165, 1.54) is 11.3 Å². The van der Waals surface area contributed by atoms with Gasteiger partial charge in [-0.3, -0.25) is 0 Å². The van der Waals surface area contributed by atoms with Gasteiger partial charge >= 0.3 is 6.16 Å². The monoisotopic (exact) mass is 198 g/mol. The van der Waals surface area contributed by atoms with Crippen molar-refractivity contribution in [2.24, 2.45) is 0 Å². The minimum Gasteiger partial charge on any atom is -0.311 e. The highest BCUT2D eigenvalue weighted by Crippen LogP contribution is 2.23. The van der Waals surface area contributed by atoms with Crippen molar-refractivity contribution in [2.45, 2.75) is 44.6 Å². The van der Waals surface area contributed by atoms with Crippen LogP contribution >= 0.6 is 0 Å². The average molecular weight is 198 g/mol. The first-order chi connectivity index (χ1) is 6.75. The van der Waals surface area contributed by atoms with E-state index >= 15 is 0 Å². The van der Waals surface area contributed by atoms with Crippen LogP contribution in [0.2, 0.25) is 0 Å². The Kier molecular flexibility index (Phi) is 4.37. The number of amides is 1. The molecule has 0 N–H and O–H groups in total. The molecule has 0 aliphatic heterocycles. The summed E-state index contributed by atoms with van der Waals surface area (Å²) in [6, 6.07) is 1.95. The highest BCUT2D eigenvalue weighted by molar-refractivity contribution is 5.66. The normalized spacial score (nSPS) is 17.4. The predicted octanol–water partition coefficient (Wildman–Crippen LogP) is 2.62. The van der Waals surface area contributed by atoms with Gasteiger partial charge in [0.1, 0.15) is 0 Å². The van der Waals surface area contributed by atoms with Crippen molar-refractivity contribution in [2.75, 3.05) is 6.54 Å². The van der Waals surface area contributed by atoms with Crippen LogP contribution in [-0.2, 0) is 0 Å². The van der Waals surface area contributed by atoms with Gasteiger partial charge < -0.3 is 4.90 Å². The molecule has 0 radical (unpaired) electrons. The maximum atomic E-state index is 12.7. The van der Waals surface area contributed by atoms with E-state index in [1.807, 2.05) is 6.07 Å². The SMILES string of the molecule is N#CCCN(C(=O)F)C1CCCCC1. The standard InChI is InChI=1S/C10H15FN2O/c11-10(14)13(8-4-7-12)9-5-2-1-3-6-9/h9H,1-6,8H2. The summed E-state index contributed by atoms with van der Waals surface area (Å²) in [5.74, 6) is 0. The fourth-order valence-electron chi connectivity index (χ4n) is 1.98. The molecule has 0 heterocycles. The van der Waals surface area contributed by atoms with Crippen molar-refractivity contribution >= 4 is 6.16 Å². The third-order valence-corrected chi connectivity index (χ3v) is 2.71. The van der Waals surface area contributed by atoms with Crippen LogP contribution < -0.4 is 0 Å². The Morgan fingerprint density at radius 3 is 2.57 bits per heavy atom. The summed E-state index contributed by atoms with van der Waals surface area (Å²) in [5, 5.41) is 8.38. The highest BCUT2D eigenvalue weighted by Gasteiger charge is 2.24. The van der Waals surface area contributed by atoms with Gasteiger partial charge in [-0.2, -0.15) is 5.26 Å². The Morgan fingerprint density at radius 2 is 2.07 bits per heavy atom. The highest BCUT2D eigenvalue weighted by atomic mass is 19.1. The zero-order valence-corrected chi connectivity index (χ0v) is 8.21. The van der Waals surface area contributed by atoms with E-state index < -0.39 is 6.16 Å². The molecule has 0 bridgehead atoms. The van der Waals surface area contributed by atoms with E-state index in [9.17, 15) is 9.18 Å². The molecule has 1 fully saturated rings. The maximum Gasteiger partial charge on any atom is 0.400 e. The second-order valence-corrected chi connectivity index (χ2v) is 3.65. The molecule has 0 unspecified atom stereocenters. The predicted molar refractivity (Wildman–Crippen MR) is 50.3 cm³/mol. The first-order valence-electron chi connectivity index (χ1n) is 5.08. The molecule has 0 aromatic rings. The molecular formula is C10H15FN2O. The maximum absolute atomic E-state index is 12.7. The van der Waals surface area contributed by atoms with Gasteiger partial charge in [-0.1, -0.05) is 19.3 Å². The molecule has 0 aromatic carbocycles. The van der Waals surface area contributed by atoms with Gasteiger partial charge in [0, 0.05) is 12.6 Å². The van der Waals surface area contributed by atoms with E-state index in [4.69, 9.17) is 5.26 Å². The number of halogens is 1. The van der Waals surface area contributed by atoms with Crippen molar-refractivity contribution in [3.8, 4) is 6.07 Å². The van der Waals surface area contributed by atoms with Crippen LogP contribution in [0.4, 0.5) is 9.18 Å². The topological polar surface area (TPSA) is 44.1 Å². The van der Waals surface area contributed by atoms with E-state index in [0.29, 0.717) is 0 Å². The third kappa shape index (κ3) is 2.99. The molecule has 4 heteroatoms. The van der Waals surface area contributed by atoms with Crippen LogP contribution in [0, 0.1) is 11.3 Å². The second-order valence-electron chi connectivity index (χ2n) is 3.65. The molecule has 3 nitrogen and oxygen atoms in total. The van der Waals surface area contributed by atoms with Crippen molar-refractivity contribution < 1.29 is 9.18 Å². The van der Waals surface area contributed by atoms with Gasteiger partial charge in [0.2, 0.25) is 0 Å². The molecule has 78 valence electrons. The summed E-state index contributed by atoms with van der Waals surface area (Å²) < 4.78 is 12.7. The molecule has 0 spiro atoms. The molecule has 0 saturated heterocycles. The molecule has 1 saturated carbocycles. The molecule has 14 heavy (non-hydrogen) atoms. The summed E-state index contributed by atoms with van der Waals surface area (Å²) in [4.78, 5) is 11.9. The Labute approximate surface area is 83.5 Å². The lowest BCUT2D eigenvalue weighted by Crippen LogP contribution is -2.39. The van der Waals surface area contributed by atoms with Crippen LogP contribution in [0.15, 0.2) is 0 Å². The largest absolute Gasteiger partial charge is 0.400 e. The number of carbonyl (C=O) groups is 1. The third-order valence-electron chi connectivity index (χ3n) is 2.71. The molecule has 1 amide bonds. The Balaban J connectivity index is 2.48. The van der Waals surface area contributed by atoms with Gasteiger partial charge in [0.15, 0.2) is 0 Å². The number of hydrogen-bond donors (Lipinski definition) is 0. The fraction of sp³-hybridized carbons (Fsp3) is 0.800. The number of nitrogens with zero attached hydrogens (tertiary/aromatic N) is 2. The lowest BCUT2D eigenvalue weighted by Gasteiger charge is -2.31. The van der Waals surface area contributed by atoms with Crippen LogP contribution in [0.5, 0.6) is 0 Å². The zero-order valence-electron chi connectivity index (χ0n) is 8.21. The van der Waals surface area contributed by atoms with Gasteiger partial charge in [-0.25, -0.2) is 4.79 Å². The van der Waals surface area contributed by atoms with Crippen molar-refractivity contribution in [1.29, 1.82) is 5.26 Å². The number of nitriles is 1. The van der Waals surface area contributed by atoms with E-state index in [0.717, 1.165) is 25.7 Å². The van der Waals surface area contributed by atoms with Crippen molar-refractivity contribution in [3.05, 3.63) is 0 Å². The van der Waals surface area contributed by atoms with Crippen molar-refractivity contribution in [1.82, 2.24) is 4.90 Å². The molecule has 0 atom stereocenters. The fourth-order valence-corrected chi connectivity index (χ4v) is 1.98. The van der Waals surface area contributed by atoms with Crippen LogP contribution in [0.1, 0.15) is 38.5 Å². The van der Waals surface area contributed by atoms with Gasteiger partial charge in [0.05, 0.1) is 12.5 Å². The summed E-state index contributed by atoms with van der Waals surface area (Å²) in [6.45, 7) is 0.233. The summed E-state index contributed by atoms with van der Waals surface area (Å²) in [6.07, 6.45) is 3.87. The number of carbonyl (C=O) groups excluding carboxylic acids is 1. The molecule has 1 rings (SSSR count). The summed E-state index contributed by atoms with van der Waals surface area (Å²) >= 11 is 0. The quantitative estimate of drug-likeness (QED) is 0.517. The lowest BCUT2D eigenvalue weighted by atomic mass is 9.94. The molecule has 1 aliphatic carbocycles. The second kappa shape index (κ2) is 5.58. The van der Waals surface area contributed by atoms with Crippen LogP contribution in [-0.4, -0.2) is 23.6 Å². The van der Waals surface area contributed by atoms with Crippen molar-refractivity contribution in [3.63, 3.8) is 0 Å². The van der Waals surface area contributed by atoms with E-state index in [2.05, 4.69) is 0 Å². The summed E-state index contributed by atoms with van der Waals surface area (Å²) in [7, 11) is 0. The zero-order chi connectivity index (χ0) is 10.4. The van der Waals surface area contributed by atoms with Gasteiger partial charge in [0.25, 0.3) is 0 Å². The summed E-state index contributed by atoms with van der Waals surface area (Å²) in [5.41, 5.74) is 0. The lowest BCUT2D eigenvalue weighted by molar-refractivity contribution is 0.137. The smallest absolute Gasteiger partial charge is 0.311 e. The Bertz CT molecular complexity index is 231. The van der Waals surface area contributed by atoms with E-state index in [1.54, 1.807) is 0 Å². The first kappa shape index (κ1) is 11.0. The Hall–Kier alpha value is -1.11. The van der Waals surface area contributed by atoms with Gasteiger partial charge in [-0.15, -0.1) is 4.39 Å². The average Bonchev–Trinajstić information content (AvgIpc) is 2.19. The number of rotatable bonds is 3. The van der Waals surface area contributed by atoms with E-state index in [-0.39, 0.29) is 19.0 Å². The molecule has 0 aromatic heterocycles. The van der Waals surface area contributed by atoms with Crippen LogP contribution in [0.25, 0.3) is 0 Å². The van der Waals surface area contributed by atoms with Gasteiger partial charge in [-0.05, 0) is 12.8 Å². The first-order valence-corrected chi connectivity index (χ1v) is 5.08. The molecular weight excluding hydrogens is 183 g/mol.